The van der Waals surface area contributed by atoms with Gasteiger partial charge in [-0.2, -0.15) is 11.8 Å². The molecule has 0 aromatic heterocycles. The second-order valence-corrected chi connectivity index (χ2v) is 7.26. The van der Waals surface area contributed by atoms with E-state index in [4.69, 9.17) is 4.74 Å². The molecule has 0 radical (unpaired) electrons. The standard InChI is InChI=1S/C17H23FN2O2S/c18-15-5-1-2-6-16(15)19-17(21)11-20(13-7-9-23-12-13)10-14-4-3-8-22-14/h1-2,5-6,13-14H,3-4,7-12H2,(H,19,21)/t13-,14+/m1/s1. The fraction of sp³-hybridized carbons (Fsp3) is 0.588. The first kappa shape index (κ1) is 16.7. The molecule has 2 atom stereocenters. The lowest BCUT2D eigenvalue weighted by molar-refractivity contribution is -0.118. The minimum atomic E-state index is -0.400. The Morgan fingerprint density at radius 2 is 2.26 bits per heavy atom. The Hall–Kier alpha value is -1.11. The van der Waals surface area contributed by atoms with Crippen LogP contribution in [0.25, 0.3) is 0 Å². The minimum absolute atomic E-state index is 0.162. The van der Waals surface area contributed by atoms with Crippen LogP contribution in [0.4, 0.5) is 10.1 Å². The molecular formula is C17H23FN2O2S. The first-order valence-corrected chi connectivity index (χ1v) is 9.35. The van der Waals surface area contributed by atoms with Crippen LogP contribution in [0.2, 0.25) is 0 Å². The van der Waals surface area contributed by atoms with Crippen molar-refractivity contribution in [3.63, 3.8) is 0 Å². The number of hydrogen-bond acceptors (Lipinski definition) is 4. The van der Waals surface area contributed by atoms with Gasteiger partial charge in [0.05, 0.1) is 18.3 Å². The summed E-state index contributed by atoms with van der Waals surface area (Å²) in [6.45, 7) is 1.90. The van der Waals surface area contributed by atoms with E-state index in [1.165, 1.54) is 6.07 Å². The average molecular weight is 338 g/mol. The van der Waals surface area contributed by atoms with E-state index in [1.54, 1.807) is 18.2 Å². The van der Waals surface area contributed by atoms with Crippen molar-refractivity contribution >= 4 is 23.4 Å². The molecule has 0 saturated carbocycles. The topological polar surface area (TPSA) is 41.6 Å². The highest BCUT2D eigenvalue weighted by atomic mass is 32.2. The third-order valence-corrected chi connectivity index (χ3v) is 5.52. The Bertz CT molecular complexity index is 531. The number of benzene rings is 1. The summed E-state index contributed by atoms with van der Waals surface area (Å²) in [5, 5.41) is 2.69. The van der Waals surface area contributed by atoms with E-state index >= 15 is 0 Å². The lowest BCUT2D eigenvalue weighted by atomic mass is 10.1. The molecule has 6 heteroatoms. The van der Waals surface area contributed by atoms with E-state index in [0.717, 1.165) is 43.9 Å². The van der Waals surface area contributed by atoms with Gasteiger partial charge in [0.2, 0.25) is 5.91 Å². The SMILES string of the molecule is O=C(CN(C[C@@H]1CCCO1)[C@@H]1CCSC1)Nc1ccccc1F. The minimum Gasteiger partial charge on any atom is -0.377 e. The zero-order chi connectivity index (χ0) is 16.1. The number of hydrogen-bond donors (Lipinski definition) is 1. The van der Waals surface area contributed by atoms with E-state index in [-0.39, 0.29) is 17.7 Å². The van der Waals surface area contributed by atoms with E-state index in [0.29, 0.717) is 12.6 Å². The fourth-order valence-electron chi connectivity index (χ4n) is 3.14. The van der Waals surface area contributed by atoms with Crippen LogP contribution in [0.3, 0.4) is 0 Å². The monoisotopic (exact) mass is 338 g/mol. The first-order chi connectivity index (χ1) is 11.2. The highest BCUT2D eigenvalue weighted by molar-refractivity contribution is 7.99. The highest BCUT2D eigenvalue weighted by Gasteiger charge is 2.28. The van der Waals surface area contributed by atoms with Gasteiger partial charge in [-0.1, -0.05) is 12.1 Å². The van der Waals surface area contributed by atoms with Crippen molar-refractivity contribution in [2.24, 2.45) is 0 Å². The number of halogens is 1. The largest absolute Gasteiger partial charge is 0.377 e. The predicted molar refractivity (Wildman–Crippen MR) is 91.3 cm³/mol. The molecule has 1 aromatic rings. The van der Waals surface area contributed by atoms with Crippen LogP contribution in [0.1, 0.15) is 19.3 Å². The number of amides is 1. The molecule has 1 amide bonds. The zero-order valence-corrected chi connectivity index (χ0v) is 14.0. The van der Waals surface area contributed by atoms with Crippen molar-refractivity contribution in [1.29, 1.82) is 0 Å². The molecule has 0 spiro atoms. The van der Waals surface area contributed by atoms with E-state index in [1.807, 2.05) is 11.8 Å². The number of anilines is 1. The molecular weight excluding hydrogens is 315 g/mol. The van der Waals surface area contributed by atoms with Crippen LogP contribution in [-0.2, 0) is 9.53 Å². The van der Waals surface area contributed by atoms with Crippen LogP contribution < -0.4 is 5.32 Å². The smallest absolute Gasteiger partial charge is 0.238 e. The molecule has 1 N–H and O–H groups in total. The molecule has 2 saturated heterocycles. The van der Waals surface area contributed by atoms with Crippen molar-refractivity contribution in [2.75, 3.05) is 36.5 Å². The Morgan fingerprint density at radius 1 is 1.39 bits per heavy atom. The number of carbonyl (C=O) groups is 1. The predicted octanol–water partition coefficient (Wildman–Crippen LogP) is 2.75. The zero-order valence-electron chi connectivity index (χ0n) is 13.2. The van der Waals surface area contributed by atoms with Crippen LogP contribution >= 0.6 is 11.8 Å². The molecule has 0 unspecified atom stereocenters. The summed E-state index contributed by atoms with van der Waals surface area (Å²) in [5.74, 6) is 1.63. The van der Waals surface area contributed by atoms with Gasteiger partial charge in [-0.15, -0.1) is 0 Å². The Morgan fingerprint density at radius 3 is 2.96 bits per heavy atom. The van der Waals surface area contributed by atoms with Gasteiger partial charge in [0.15, 0.2) is 0 Å². The maximum atomic E-state index is 13.7. The van der Waals surface area contributed by atoms with Gasteiger partial charge in [-0.25, -0.2) is 4.39 Å². The molecule has 0 aliphatic carbocycles. The number of ether oxygens (including phenoxy) is 1. The van der Waals surface area contributed by atoms with Crippen molar-refractivity contribution in [3.8, 4) is 0 Å². The number of nitrogens with zero attached hydrogens (tertiary/aromatic N) is 1. The van der Waals surface area contributed by atoms with Gasteiger partial charge < -0.3 is 10.1 Å². The molecule has 23 heavy (non-hydrogen) atoms. The average Bonchev–Trinajstić information content (AvgIpc) is 3.22. The van der Waals surface area contributed by atoms with Gasteiger partial charge >= 0.3 is 0 Å². The first-order valence-electron chi connectivity index (χ1n) is 8.20. The molecule has 2 aliphatic rings. The normalized spacial score (nSPS) is 24.3. The maximum Gasteiger partial charge on any atom is 0.238 e. The third-order valence-electron chi connectivity index (χ3n) is 4.38. The van der Waals surface area contributed by atoms with Gasteiger partial charge in [-0.05, 0) is 37.1 Å². The van der Waals surface area contributed by atoms with Gasteiger partial charge in [0.25, 0.3) is 0 Å². The summed E-state index contributed by atoms with van der Waals surface area (Å²) in [7, 11) is 0. The number of nitrogens with one attached hydrogen (secondary N) is 1. The van der Waals surface area contributed by atoms with Crippen molar-refractivity contribution < 1.29 is 13.9 Å². The maximum absolute atomic E-state index is 13.7. The molecule has 2 fully saturated rings. The van der Waals surface area contributed by atoms with Crippen LogP contribution in [0, 0.1) is 5.82 Å². The van der Waals surface area contributed by atoms with Crippen molar-refractivity contribution in [1.82, 2.24) is 4.90 Å². The summed E-state index contributed by atoms with van der Waals surface area (Å²) < 4.78 is 19.4. The Kier molecular flexibility index (Phi) is 5.91. The number of para-hydroxylation sites is 1. The van der Waals surface area contributed by atoms with E-state index in [2.05, 4.69) is 10.2 Å². The second-order valence-electron chi connectivity index (χ2n) is 6.11. The summed E-state index contributed by atoms with van der Waals surface area (Å²) in [4.78, 5) is 14.6. The molecule has 126 valence electrons. The number of carbonyl (C=O) groups excluding carboxylic acids is 1. The van der Waals surface area contributed by atoms with Crippen LogP contribution in [-0.4, -0.2) is 54.2 Å². The van der Waals surface area contributed by atoms with E-state index < -0.39 is 5.82 Å². The van der Waals surface area contributed by atoms with Gasteiger partial charge in [-0.3, -0.25) is 9.69 Å². The van der Waals surface area contributed by atoms with Crippen LogP contribution in [0.15, 0.2) is 24.3 Å². The number of thioether (sulfide) groups is 1. The Labute approximate surface area is 140 Å². The quantitative estimate of drug-likeness (QED) is 0.866. The molecule has 1 aromatic carbocycles. The lowest BCUT2D eigenvalue weighted by Gasteiger charge is -2.29. The summed E-state index contributed by atoms with van der Waals surface area (Å²) >= 11 is 1.93. The third kappa shape index (κ3) is 4.68. The Balaban J connectivity index is 1.60. The van der Waals surface area contributed by atoms with Gasteiger partial charge in [0, 0.05) is 24.9 Å². The second kappa shape index (κ2) is 8.13. The van der Waals surface area contributed by atoms with Gasteiger partial charge in [0.1, 0.15) is 5.82 Å². The van der Waals surface area contributed by atoms with E-state index in [9.17, 15) is 9.18 Å². The summed E-state index contributed by atoms with van der Waals surface area (Å²) in [6.07, 6.45) is 3.48. The molecule has 0 bridgehead atoms. The van der Waals surface area contributed by atoms with Crippen molar-refractivity contribution in [3.05, 3.63) is 30.1 Å². The summed E-state index contributed by atoms with van der Waals surface area (Å²) in [5.41, 5.74) is 0.246. The molecule has 2 heterocycles. The molecule has 2 aliphatic heterocycles. The van der Waals surface area contributed by atoms with Crippen LogP contribution in [0.5, 0.6) is 0 Å². The fourth-order valence-corrected chi connectivity index (χ4v) is 4.39. The van der Waals surface area contributed by atoms with Crippen molar-refractivity contribution in [2.45, 2.75) is 31.4 Å². The highest BCUT2D eigenvalue weighted by Crippen LogP contribution is 2.24. The lowest BCUT2D eigenvalue weighted by Crippen LogP contribution is -2.44. The number of rotatable bonds is 6. The molecule has 3 rings (SSSR count). The molecule has 4 nitrogen and oxygen atoms in total. The summed E-state index contributed by atoms with van der Waals surface area (Å²) in [6, 6.07) is 6.69.